The summed E-state index contributed by atoms with van der Waals surface area (Å²) in [4.78, 5) is 20.8. The zero-order chi connectivity index (χ0) is 12.7. The second-order valence-corrected chi connectivity index (χ2v) is 3.14. The van der Waals surface area contributed by atoms with Gasteiger partial charge in [0.15, 0.2) is 6.20 Å². The van der Waals surface area contributed by atoms with Crippen molar-refractivity contribution in [3.63, 3.8) is 0 Å². The fraction of sp³-hybridized carbons (Fsp3) is 0.455. The molecule has 0 bridgehead atoms. The van der Waals surface area contributed by atoms with Gasteiger partial charge in [0.05, 0.1) is 13.2 Å². The highest BCUT2D eigenvalue weighted by molar-refractivity contribution is 5.85. The zero-order valence-electron chi connectivity index (χ0n) is 9.84. The van der Waals surface area contributed by atoms with Gasteiger partial charge in [-0.1, -0.05) is 0 Å². The minimum Gasteiger partial charge on any atom is -0.618 e. The number of carbonyl (C=O) groups is 1. The summed E-state index contributed by atoms with van der Waals surface area (Å²) < 4.78 is 5.19. The Morgan fingerprint density at radius 3 is 2.65 bits per heavy atom. The molecule has 0 aliphatic carbocycles. The van der Waals surface area contributed by atoms with Crippen LogP contribution < -0.4 is 4.73 Å². The summed E-state index contributed by atoms with van der Waals surface area (Å²) in [7, 11) is 0. The second kappa shape index (κ2) is 6.82. The Morgan fingerprint density at radius 1 is 1.29 bits per heavy atom. The summed E-state index contributed by atoms with van der Waals surface area (Å²) in [6, 6.07) is 3.01. The first-order valence-corrected chi connectivity index (χ1v) is 5.32. The summed E-state index contributed by atoms with van der Waals surface area (Å²) in [6.45, 7) is 4.28. The van der Waals surface area contributed by atoms with Crippen LogP contribution in [0, 0.1) is 5.21 Å². The molecule has 94 valence electrons. The van der Waals surface area contributed by atoms with Crippen molar-refractivity contribution >= 4 is 5.97 Å². The van der Waals surface area contributed by atoms with Crippen molar-refractivity contribution in [2.45, 2.75) is 20.5 Å². The average molecular weight is 241 g/mol. The van der Waals surface area contributed by atoms with Crippen LogP contribution in [-0.2, 0) is 21.1 Å². The van der Waals surface area contributed by atoms with Gasteiger partial charge in [0.1, 0.15) is 6.61 Å². The number of carbonyl (C=O) groups excluding carboxylic acids is 1. The molecule has 0 aliphatic rings. The normalized spacial score (nSPS) is 10.2. The third-order valence-electron chi connectivity index (χ3n) is 1.89. The van der Waals surface area contributed by atoms with Crippen LogP contribution >= 0.6 is 0 Å². The molecule has 6 nitrogen and oxygen atoms in total. The fourth-order valence-electron chi connectivity index (χ4n) is 1.16. The van der Waals surface area contributed by atoms with Crippen molar-refractivity contribution in [2.24, 2.45) is 0 Å². The Labute approximate surface area is 99.2 Å². The van der Waals surface area contributed by atoms with Crippen LogP contribution in [0.2, 0.25) is 0 Å². The van der Waals surface area contributed by atoms with Crippen LogP contribution in [0.3, 0.4) is 0 Å². The molecule has 0 radical (unpaired) electrons. The number of hydrogen-bond acceptors (Lipinski definition) is 5. The highest BCUT2D eigenvalue weighted by Gasteiger charge is 2.17. The highest BCUT2D eigenvalue weighted by Crippen LogP contribution is 2.02. The van der Waals surface area contributed by atoms with Crippen molar-refractivity contribution < 1.29 is 24.0 Å². The van der Waals surface area contributed by atoms with Gasteiger partial charge in [-0.2, -0.15) is 4.73 Å². The molecular weight excluding hydrogens is 226 g/mol. The van der Waals surface area contributed by atoms with E-state index in [1.165, 1.54) is 12.3 Å². The van der Waals surface area contributed by atoms with E-state index < -0.39 is 5.97 Å². The predicted molar refractivity (Wildman–Crippen MR) is 57.8 cm³/mol. The average Bonchev–Trinajstić information content (AvgIpc) is 2.29. The SMILES string of the molecule is CCOOCc1ccc(C(=O)OCC)[n+]([O-])c1. The lowest BCUT2D eigenvalue weighted by Crippen LogP contribution is -2.35. The molecule has 17 heavy (non-hydrogen) atoms. The number of rotatable bonds is 6. The first kappa shape index (κ1) is 13.4. The van der Waals surface area contributed by atoms with Gasteiger partial charge in [-0.15, -0.1) is 0 Å². The second-order valence-electron chi connectivity index (χ2n) is 3.14. The Kier molecular flexibility index (Phi) is 5.38. The Hall–Kier alpha value is -1.66. The summed E-state index contributed by atoms with van der Waals surface area (Å²) in [6.07, 6.45) is 1.26. The van der Waals surface area contributed by atoms with Crippen LogP contribution in [0.4, 0.5) is 0 Å². The summed E-state index contributed by atoms with van der Waals surface area (Å²) in [5.74, 6) is -0.639. The monoisotopic (exact) mass is 241 g/mol. The molecule has 1 heterocycles. The number of esters is 1. The maximum atomic E-state index is 11.5. The van der Waals surface area contributed by atoms with Gasteiger partial charge >= 0.3 is 11.7 Å². The van der Waals surface area contributed by atoms with Gasteiger partial charge in [-0.05, 0) is 19.9 Å². The minimum absolute atomic E-state index is 0.0491. The molecule has 1 aromatic heterocycles. The first-order valence-electron chi connectivity index (χ1n) is 5.32. The quantitative estimate of drug-likeness (QED) is 0.185. The lowest BCUT2D eigenvalue weighted by atomic mass is 10.2. The first-order chi connectivity index (χ1) is 8.19. The fourth-order valence-corrected chi connectivity index (χ4v) is 1.16. The van der Waals surface area contributed by atoms with Gasteiger partial charge in [0.2, 0.25) is 0 Å². The Balaban J connectivity index is 2.68. The molecule has 0 unspecified atom stereocenters. The van der Waals surface area contributed by atoms with Crippen LogP contribution in [-0.4, -0.2) is 19.2 Å². The molecule has 0 fully saturated rings. The smallest absolute Gasteiger partial charge is 0.404 e. The summed E-state index contributed by atoms with van der Waals surface area (Å²) in [5.41, 5.74) is 0.563. The van der Waals surface area contributed by atoms with Crippen molar-refractivity contribution in [2.75, 3.05) is 13.2 Å². The van der Waals surface area contributed by atoms with E-state index in [1.54, 1.807) is 19.9 Å². The van der Waals surface area contributed by atoms with Crippen molar-refractivity contribution in [3.05, 3.63) is 34.8 Å². The molecule has 0 saturated heterocycles. The van der Waals surface area contributed by atoms with Crippen LogP contribution in [0.5, 0.6) is 0 Å². The minimum atomic E-state index is -0.639. The molecule has 0 spiro atoms. The summed E-state index contributed by atoms with van der Waals surface area (Å²) >= 11 is 0. The molecule has 0 aromatic carbocycles. The maximum Gasteiger partial charge on any atom is 0.404 e. The largest absolute Gasteiger partial charge is 0.618 e. The maximum absolute atomic E-state index is 11.5. The van der Waals surface area contributed by atoms with Gasteiger partial charge in [0.25, 0.3) is 0 Å². The van der Waals surface area contributed by atoms with Gasteiger partial charge in [0, 0.05) is 11.6 Å². The van der Waals surface area contributed by atoms with E-state index in [2.05, 4.69) is 0 Å². The van der Waals surface area contributed by atoms with E-state index in [4.69, 9.17) is 14.5 Å². The molecular formula is C11H15NO5. The predicted octanol–water partition coefficient (Wildman–Crippen LogP) is 0.965. The van der Waals surface area contributed by atoms with E-state index in [-0.39, 0.29) is 18.9 Å². The molecule has 0 amide bonds. The molecule has 0 aliphatic heterocycles. The zero-order valence-corrected chi connectivity index (χ0v) is 9.84. The summed E-state index contributed by atoms with van der Waals surface area (Å²) in [5, 5.41) is 11.5. The van der Waals surface area contributed by atoms with Gasteiger partial charge < -0.3 is 9.94 Å². The molecule has 1 aromatic rings. The van der Waals surface area contributed by atoms with E-state index >= 15 is 0 Å². The third kappa shape index (κ3) is 4.01. The molecule has 0 N–H and O–H groups in total. The molecule has 0 saturated carbocycles. The third-order valence-corrected chi connectivity index (χ3v) is 1.89. The lowest BCUT2D eigenvalue weighted by molar-refractivity contribution is -0.609. The number of hydrogen-bond donors (Lipinski definition) is 0. The standard InChI is InChI=1S/C11H15NO5/c1-3-15-11(13)10-6-5-9(7-12(10)14)8-17-16-4-2/h5-7H,3-4,8H2,1-2H3. The highest BCUT2D eigenvalue weighted by atomic mass is 17.2. The van der Waals surface area contributed by atoms with Gasteiger partial charge in [-0.3, -0.25) is 0 Å². The van der Waals surface area contributed by atoms with Gasteiger partial charge in [-0.25, -0.2) is 14.6 Å². The van der Waals surface area contributed by atoms with E-state index in [9.17, 15) is 10.0 Å². The van der Waals surface area contributed by atoms with Crippen molar-refractivity contribution in [3.8, 4) is 0 Å². The van der Waals surface area contributed by atoms with Crippen LogP contribution in [0.15, 0.2) is 18.3 Å². The van der Waals surface area contributed by atoms with E-state index in [1.807, 2.05) is 0 Å². The lowest BCUT2D eigenvalue weighted by Gasteiger charge is -2.06. The number of pyridine rings is 1. The topological polar surface area (TPSA) is 71.7 Å². The molecule has 1 rings (SSSR count). The van der Waals surface area contributed by atoms with Crippen LogP contribution in [0.25, 0.3) is 0 Å². The van der Waals surface area contributed by atoms with E-state index in [0.29, 0.717) is 16.9 Å². The van der Waals surface area contributed by atoms with Crippen molar-refractivity contribution in [1.29, 1.82) is 0 Å². The van der Waals surface area contributed by atoms with Crippen LogP contribution in [0.1, 0.15) is 29.9 Å². The van der Waals surface area contributed by atoms with Crippen molar-refractivity contribution in [1.82, 2.24) is 0 Å². The number of nitrogens with zero attached hydrogens (tertiary/aromatic N) is 1. The number of ether oxygens (including phenoxy) is 1. The number of aromatic nitrogens is 1. The Morgan fingerprint density at radius 2 is 2.06 bits per heavy atom. The molecule has 6 heteroatoms. The molecule has 0 atom stereocenters. The Bertz CT molecular complexity index is 380. The van der Waals surface area contributed by atoms with E-state index in [0.717, 1.165) is 0 Å².